The molecule has 1 saturated carbocycles. The summed E-state index contributed by atoms with van der Waals surface area (Å²) in [6, 6.07) is 4.14. The molecule has 1 aromatic rings. The second kappa shape index (κ2) is 7.12. The van der Waals surface area contributed by atoms with E-state index >= 15 is 0 Å². The van der Waals surface area contributed by atoms with Gasteiger partial charge in [0.1, 0.15) is 0 Å². The Labute approximate surface area is 114 Å². The highest BCUT2D eigenvalue weighted by molar-refractivity contribution is 5.64. The van der Waals surface area contributed by atoms with Crippen LogP contribution in [-0.2, 0) is 6.42 Å². The van der Waals surface area contributed by atoms with E-state index in [1.54, 1.807) is 6.20 Å². The van der Waals surface area contributed by atoms with Gasteiger partial charge in [-0.05, 0) is 49.7 Å². The van der Waals surface area contributed by atoms with E-state index in [-0.39, 0.29) is 6.04 Å². The predicted octanol–water partition coefficient (Wildman–Crippen LogP) is 3.23. The van der Waals surface area contributed by atoms with E-state index in [4.69, 9.17) is 5.11 Å². The van der Waals surface area contributed by atoms with Gasteiger partial charge >= 0.3 is 6.09 Å². The van der Waals surface area contributed by atoms with Crippen molar-refractivity contribution in [1.29, 1.82) is 0 Å². The van der Waals surface area contributed by atoms with Crippen molar-refractivity contribution < 1.29 is 9.90 Å². The number of hydrogen-bond donors (Lipinski definition) is 2. The fraction of sp³-hybridized carbons (Fsp3) is 0.600. The van der Waals surface area contributed by atoms with Gasteiger partial charge in [0.15, 0.2) is 0 Å². The molecule has 1 atom stereocenters. The molecule has 0 aliphatic heterocycles. The first-order valence-electron chi connectivity index (χ1n) is 7.14. The summed E-state index contributed by atoms with van der Waals surface area (Å²) in [6.45, 7) is 0. The Hall–Kier alpha value is -1.58. The first-order valence-corrected chi connectivity index (χ1v) is 7.14. The molecule has 1 heterocycles. The maximum atomic E-state index is 10.9. The van der Waals surface area contributed by atoms with Crippen LogP contribution in [-0.4, -0.2) is 22.2 Å². The molecule has 1 aliphatic carbocycles. The van der Waals surface area contributed by atoms with Gasteiger partial charge < -0.3 is 10.4 Å². The van der Waals surface area contributed by atoms with E-state index in [1.807, 2.05) is 12.3 Å². The fourth-order valence-electron chi connectivity index (χ4n) is 3.02. The van der Waals surface area contributed by atoms with Crippen molar-refractivity contribution in [2.75, 3.05) is 0 Å². The highest BCUT2D eigenvalue weighted by Crippen LogP contribution is 2.29. The second-order valence-electron chi connectivity index (χ2n) is 5.35. The summed E-state index contributed by atoms with van der Waals surface area (Å²) in [4.78, 5) is 15.0. The van der Waals surface area contributed by atoms with Gasteiger partial charge in [-0.1, -0.05) is 18.9 Å². The zero-order valence-electron chi connectivity index (χ0n) is 11.2. The van der Waals surface area contributed by atoms with Gasteiger partial charge in [0, 0.05) is 18.4 Å². The van der Waals surface area contributed by atoms with Crippen molar-refractivity contribution >= 4 is 6.09 Å². The van der Waals surface area contributed by atoms with Gasteiger partial charge in [0.25, 0.3) is 0 Å². The van der Waals surface area contributed by atoms with E-state index in [2.05, 4.69) is 16.4 Å². The highest BCUT2D eigenvalue weighted by atomic mass is 16.4. The third-order valence-electron chi connectivity index (χ3n) is 3.98. The van der Waals surface area contributed by atoms with Crippen LogP contribution in [0.2, 0.25) is 0 Å². The molecule has 0 spiro atoms. The first-order chi connectivity index (χ1) is 9.25. The lowest BCUT2D eigenvalue weighted by atomic mass is 9.93. The molecule has 1 aliphatic rings. The Kier molecular flexibility index (Phi) is 5.19. The lowest BCUT2D eigenvalue weighted by molar-refractivity contribution is 0.182. The predicted molar refractivity (Wildman–Crippen MR) is 74.1 cm³/mol. The van der Waals surface area contributed by atoms with Gasteiger partial charge in [0.05, 0.1) is 0 Å². The highest BCUT2D eigenvalue weighted by Gasteiger charge is 2.25. The Morgan fingerprint density at radius 2 is 2.26 bits per heavy atom. The van der Waals surface area contributed by atoms with E-state index in [0.717, 1.165) is 32.1 Å². The van der Waals surface area contributed by atoms with Crippen molar-refractivity contribution in [3.8, 4) is 0 Å². The fourth-order valence-corrected chi connectivity index (χ4v) is 3.02. The third-order valence-corrected chi connectivity index (χ3v) is 3.98. The summed E-state index contributed by atoms with van der Waals surface area (Å²) in [5.41, 5.74) is 1.22. The minimum atomic E-state index is -0.890. The van der Waals surface area contributed by atoms with Gasteiger partial charge in [-0.2, -0.15) is 0 Å². The molecular weight excluding hydrogens is 240 g/mol. The van der Waals surface area contributed by atoms with Crippen molar-refractivity contribution in [2.24, 2.45) is 5.92 Å². The average molecular weight is 262 g/mol. The number of carbonyl (C=O) groups is 1. The molecule has 0 radical (unpaired) electrons. The first kappa shape index (κ1) is 13.8. The number of aryl methyl sites for hydroxylation is 1. The van der Waals surface area contributed by atoms with Crippen LogP contribution in [0.3, 0.4) is 0 Å². The Balaban J connectivity index is 1.80. The molecule has 4 heteroatoms. The number of hydrogen-bond acceptors (Lipinski definition) is 2. The molecule has 104 valence electrons. The Morgan fingerprint density at radius 3 is 2.89 bits per heavy atom. The SMILES string of the molecule is O=C(O)NC(CCCc1cccnc1)C1CCCC1. The quantitative estimate of drug-likeness (QED) is 0.827. The minimum absolute atomic E-state index is 0.122. The summed E-state index contributed by atoms with van der Waals surface area (Å²) in [7, 11) is 0. The molecule has 1 aromatic heterocycles. The van der Waals surface area contributed by atoms with Crippen molar-refractivity contribution in [3.05, 3.63) is 30.1 Å². The van der Waals surface area contributed by atoms with Crippen molar-refractivity contribution in [2.45, 2.75) is 51.0 Å². The number of nitrogens with one attached hydrogen (secondary N) is 1. The molecule has 0 bridgehead atoms. The van der Waals surface area contributed by atoms with Gasteiger partial charge in [0.2, 0.25) is 0 Å². The zero-order valence-corrected chi connectivity index (χ0v) is 11.2. The van der Waals surface area contributed by atoms with Crippen LogP contribution < -0.4 is 5.32 Å². The van der Waals surface area contributed by atoms with Crippen LogP contribution in [0.1, 0.15) is 44.1 Å². The molecule has 19 heavy (non-hydrogen) atoms. The molecule has 1 amide bonds. The lowest BCUT2D eigenvalue weighted by Crippen LogP contribution is -2.38. The molecule has 0 aromatic carbocycles. The summed E-state index contributed by atoms with van der Waals surface area (Å²) >= 11 is 0. The van der Waals surface area contributed by atoms with Crippen LogP contribution in [0.5, 0.6) is 0 Å². The average Bonchev–Trinajstić information content (AvgIpc) is 2.92. The van der Waals surface area contributed by atoms with Crippen LogP contribution in [0, 0.1) is 5.92 Å². The molecule has 0 saturated heterocycles. The number of rotatable bonds is 6. The number of amides is 1. The van der Waals surface area contributed by atoms with Crippen LogP contribution in [0.15, 0.2) is 24.5 Å². The summed E-state index contributed by atoms with van der Waals surface area (Å²) < 4.78 is 0. The normalized spacial score (nSPS) is 17.3. The van der Waals surface area contributed by atoms with Crippen LogP contribution >= 0.6 is 0 Å². The number of pyridine rings is 1. The summed E-state index contributed by atoms with van der Waals surface area (Å²) in [5.74, 6) is 0.532. The molecule has 1 fully saturated rings. The molecule has 2 rings (SSSR count). The van der Waals surface area contributed by atoms with E-state index in [0.29, 0.717) is 5.92 Å². The van der Waals surface area contributed by atoms with Gasteiger partial charge in [-0.3, -0.25) is 4.98 Å². The third kappa shape index (κ3) is 4.54. The minimum Gasteiger partial charge on any atom is -0.465 e. The maximum Gasteiger partial charge on any atom is 0.404 e. The van der Waals surface area contributed by atoms with Gasteiger partial charge in [-0.15, -0.1) is 0 Å². The van der Waals surface area contributed by atoms with E-state index < -0.39 is 6.09 Å². The second-order valence-corrected chi connectivity index (χ2v) is 5.35. The van der Waals surface area contributed by atoms with Crippen LogP contribution in [0.4, 0.5) is 4.79 Å². The van der Waals surface area contributed by atoms with E-state index in [9.17, 15) is 4.79 Å². The van der Waals surface area contributed by atoms with Crippen LogP contribution in [0.25, 0.3) is 0 Å². The Bertz CT molecular complexity index is 388. The smallest absolute Gasteiger partial charge is 0.404 e. The standard InChI is InChI=1S/C15H22N2O2/c18-15(19)17-14(13-7-1-2-8-13)9-3-5-12-6-4-10-16-11-12/h4,6,10-11,13-14,17H,1-3,5,7-9H2,(H,18,19). The molecular formula is C15H22N2O2. The summed E-state index contributed by atoms with van der Waals surface area (Å²) in [6.07, 6.45) is 10.5. The monoisotopic (exact) mass is 262 g/mol. The number of nitrogens with zero attached hydrogens (tertiary/aromatic N) is 1. The number of carboxylic acid groups (broad SMARTS) is 1. The topological polar surface area (TPSA) is 62.2 Å². The Morgan fingerprint density at radius 1 is 1.47 bits per heavy atom. The molecule has 1 unspecified atom stereocenters. The molecule has 2 N–H and O–H groups in total. The maximum absolute atomic E-state index is 10.9. The summed E-state index contributed by atoms with van der Waals surface area (Å²) in [5, 5.41) is 11.6. The number of aromatic nitrogens is 1. The largest absolute Gasteiger partial charge is 0.465 e. The molecule has 4 nitrogen and oxygen atoms in total. The lowest BCUT2D eigenvalue weighted by Gasteiger charge is -2.23. The van der Waals surface area contributed by atoms with Gasteiger partial charge in [-0.25, -0.2) is 4.79 Å². The van der Waals surface area contributed by atoms with E-state index in [1.165, 1.54) is 18.4 Å². The van der Waals surface area contributed by atoms with Crippen molar-refractivity contribution in [1.82, 2.24) is 10.3 Å². The zero-order chi connectivity index (χ0) is 13.5. The van der Waals surface area contributed by atoms with Crippen molar-refractivity contribution in [3.63, 3.8) is 0 Å².